The highest BCUT2D eigenvalue weighted by molar-refractivity contribution is 6.12. The number of ketones is 1. The van der Waals surface area contributed by atoms with Crippen molar-refractivity contribution in [2.24, 2.45) is 4.99 Å². The van der Waals surface area contributed by atoms with Gasteiger partial charge in [-0.1, -0.05) is 60.7 Å². The molecule has 0 aromatic heterocycles. The summed E-state index contributed by atoms with van der Waals surface area (Å²) in [7, 11) is 0. The van der Waals surface area contributed by atoms with Crippen molar-refractivity contribution >= 4 is 29.5 Å². The van der Waals surface area contributed by atoms with Crippen LogP contribution >= 0.6 is 0 Å². The Bertz CT molecular complexity index is 1470. The molecule has 0 amide bonds. The zero-order chi connectivity index (χ0) is 21.2. The molecule has 0 atom stereocenters. The highest BCUT2D eigenvalue weighted by atomic mass is 16.3. The van der Waals surface area contributed by atoms with E-state index in [2.05, 4.69) is 34.6 Å². The largest absolute Gasteiger partial charge is 0.504 e. The van der Waals surface area contributed by atoms with Crippen LogP contribution in [0.15, 0.2) is 78.1 Å². The van der Waals surface area contributed by atoms with Gasteiger partial charge in [0.15, 0.2) is 11.5 Å². The maximum Gasteiger partial charge on any atom is 0.198 e. The number of nitrogens with one attached hydrogen (secondary N) is 1. The van der Waals surface area contributed by atoms with Crippen molar-refractivity contribution in [2.45, 2.75) is 19.3 Å². The van der Waals surface area contributed by atoms with E-state index in [1.54, 1.807) is 6.20 Å². The van der Waals surface area contributed by atoms with Crippen molar-refractivity contribution in [2.75, 3.05) is 5.32 Å². The summed E-state index contributed by atoms with van der Waals surface area (Å²) in [6.07, 6.45) is 9.64. The molecule has 4 heteroatoms. The molecule has 6 rings (SSSR count). The molecule has 1 aliphatic heterocycles. The van der Waals surface area contributed by atoms with Gasteiger partial charge in [0, 0.05) is 41.5 Å². The van der Waals surface area contributed by atoms with Crippen LogP contribution in [0, 0.1) is 10.4 Å². The van der Waals surface area contributed by atoms with Gasteiger partial charge in [0.2, 0.25) is 0 Å². The average Bonchev–Trinajstić information content (AvgIpc) is 3.07. The van der Waals surface area contributed by atoms with Gasteiger partial charge in [0.1, 0.15) is 0 Å². The van der Waals surface area contributed by atoms with Crippen LogP contribution in [0.5, 0.6) is 0 Å². The molecule has 0 saturated heterocycles. The number of carbonyl (C=O) groups is 1. The summed E-state index contributed by atoms with van der Waals surface area (Å²) in [4.78, 5) is 15.7. The van der Waals surface area contributed by atoms with Gasteiger partial charge in [-0.05, 0) is 45.7 Å². The summed E-state index contributed by atoms with van der Waals surface area (Å²) in [6, 6.07) is 20.3. The lowest BCUT2D eigenvalue weighted by atomic mass is 9.88. The number of rotatable bonds is 0. The fourth-order valence-electron chi connectivity index (χ4n) is 4.36. The first kappa shape index (κ1) is 19.1. The number of aliphatic imine (C=N–C) groups is 1. The minimum atomic E-state index is -0.141. The molecule has 0 radical (unpaired) electrons. The third-order valence-electron chi connectivity index (χ3n) is 5.90. The summed E-state index contributed by atoms with van der Waals surface area (Å²) in [5, 5.41) is 17.6. The first-order valence-electron chi connectivity index (χ1n) is 10.4. The number of hydrogen-bond donors (Lipinski definition) is 2. The SMILES string of the molecule is C1=CNc2ccccc2C=N1.O=C1CCc2c3c(ccc2=C1O)=c1ccccc1=CC3. The lowest BCUT2D eigenvalue weighted by molar-refractivity contribution is -0.115. The van der Waals surface area contributed by atoms with E-state index in [-0.39, 0.29) is 11.5 Å². The number of anilines is 1. The molecule has 4 nitrogen and oxygen atoms in total. The Morgan fingerprint density at radius 1 is 0.839 bits per heavy atom. The van der Waals surface area contributed by atoms with Gasteiger partial charge in [0.05, 0.1) is 0 Å². The van der Waals surface area contributed by atoms with Crippen molar-refractivity contribution in [1.82, 2.24) is 0 Å². The number of hydrogen-bond acceptors (Lipinski definition) is 4. The first-order valence-corrected chi connectivity index (χ1v) is 10.4. The Hall–Kier alpha value is -3.92. The van der Waals surface area contributed by atoms with E-state index in [0.29, 0.717) is 6.42 Å². The van der Waals surface area contributed by atoms with Gasteiger partial charge in [-0.25, -0.2) is 0 Å². The first-order chi connectivity index (χ1) is 15.2. The maximum atomic E-state index is 11.6. The van der Waals surface area contributed by atoms with E-state index in [0.717, 1.165) is 34.9 Å². The third-order valence-corrected chi connectivity index (χ3v) is 5.90. The lowest BCUT2D eigenvalue weighted by Gasteiger charge is -2.17. The number of Topliss-reactive ketones (excluding diaryl/α,β-unsaturated/α-hetero) is 1. The second kappa shape index (κ2) is 8.07. The van der Waals surface area contributed by atoms with Crippen LogP contribution in [0.4, 0.5) is 5.69 Å². The highest BCUT2D eigenvalue weighted by Crippen LogP contribution is 2.18. The maximum absolute atomic E-state index is 11.6. The number of aliphatic hydroxyl groups is 1. The van der Waals surface area contributed by atoms with E-state index in [4.69, 9.17) is 0 Å². The van der Waals surface area contributed by atoms with E-state index < -0.39 is 0 Å². The molecule has 0 bridgehead atoms. The molecule has 152 valence electrons. The van der Waals surface area contributed by atoms with Gasteiger partial charge in [-0.15, -0.1) is 0 Å². The van der Waals surface area contributed by atoms with Crippen LogP contribution in [0.1, 0.15) is 23.1 Å². The second-order valence-corrected chi connectivity index (χ2v) is 7.71. The molecular formula is C27H22N2O2. The highest BCUT2D eigenvalue weighted by Gasteiger charge is 2.20. The smallest absolute Gasteiger partial charge is 0.198 e. The van der Waals surface area contributed by atoms with Crippen molar-refractivity contribution in [3.8, 4) is 0 Å². The van der Waals surface area contributed by atoms with Crippen molar-refractivity contribution < 1.29 is 9.90 Å². The van der Waals surface area contributed by atoms with Crippen molar-refractivity contribution in [1.29, 1.82) is 0 Å². The molecule has 3 aromatic rings. The fraction of sp³-hybridized carbons (Fsp3) is 0.111. The van der Waals surface area contributed by atoms with E-state index in [9.17, 15) is 9.90 Å². The molecule has 0 saturated carbocycles. The summed E-state index contributed by atoms with van der Waals surface area (Å²) < 4.78 is 0. The number of para-hydroxylation sites is 1. The van der Waals surface area contributed by atoms with Gasteiger partial charge in [-0.2, -0.15) is 0 Å². The van der Waals surface area contributed by atoms with Crippen LogP contribution in [-0.4, -0.2) is 17.1 Å². The van der Waals surface area contributed by atoms with Crippen LogP contribution in [0.25, 0.3) is 11.8 Å². The fourth-order valence-corrected chi connectivity index (χ4v) is 4.36. The Morgan fingerprint density at radius 2 is 1.65 bits per heavy atom. The number of aliphatic hydroxyl groups excluding tert-OH is 1. The summed E-state index contributed by atoms with van der Waals surface area (Å²) in [6.45, 7) is 0. The zero-order valence-corrected chi connectivity index (χ0v) is 17.0. The van der Waals surface area contributed by atoms with E-state index >= 15 is 0 Å². The molecule has 31 heavy (non-hydrogen) atoms. The molecule has 1 heterocycles. The summed E-state index contributed by atoms with van der Waals surface area (Å²) >= 11 is 0. The zero-order valence-electron chi connectivity index (χ0n) is 17.0. The molecule has 0 fully saturated rings. The van der Waals surface area contributed by atoms with E-state index in [1.165, 1.54) is 21.2 Å². The molecule has 2 N–H and O–H groups in total. The molecular weight excluding hydrogens is 384 g/mol. The Labute approximate surface area is 179 Å². The van der Waals surface area contributed by atoms with Crippen molar-refractivity contribution in [3.05, 3.63) is 111 Å². The molecule has 2 aliphatic carbocycles. The summed E-state index contributed by atoms with van der Waals surface area (Å²) in [5.41, 5.74) is 4.63. The molecule has 3 aromatic carbocycles. The molecule has 0 unspecified atom stereocenters. The van der Waals surface area contributed by atoms with Gasteiger partial charge < -0.3 is 10.4 Å². The number of fused-ring (bicyclic) bond motifs is 5. The Kier molecular flexibility index (Phi) is 4.97. The molecule has 3 aliphatic rings. The minimum absolute atomic E-state index is 0.0621. The lowest BCUT2D eigenvalue weighted by Crippen LogP contribution is -2.27. The predicted molar refractivity (Wildman–Crippen MR) is 124 cm³/mol. The van der Waals surface area contributed by atoms with Gasteiger partial charge in [0.25, 0.3) is 0 Å². The molecule has 0 spiro atoms. The topological polar surface area (TPSA) is 61.7 Å². The van der Waals surface area contributed by atoms with Gasteiger partial charge >= 0.3 is 0 Å². The monoisotopic (exact) mass is 406 g/mol. The minimum Gasteiger partial charge on any atom is -0.504 e. The standard InChI is InChI=1S/C18H14O2.C9H8N2/c19-17-10-9-15-14-6-5-11-3-1-2-4-12(11)13(14)7-8-16(15)18(17)20;1-2-4-9-8(3-1)7-10-5-6-11-9/h1-5,7-8,20H,6,9-10H2;1-7,11H. The van der Waals surface area contributed by atoms with Crippen LogP contribution in [-0.2, 0) is 17.6 Å². The van der Waals surface area contributed by atoms with Crippen LogP contribution in [0.3, 0.4) is 0 Å². The summed E-state index contributed by atoms with van der Waals surface area (Å²) in [5.74, 6) is -0.203. The van der Waals surface area contributed by atoms with E-state index in [1.807, 2.05) is 54.9 Å². The Balaban J connectivity index is 0.000000157. The third kappa shape index (κ3) is 3.57. The number of benzene rings is 3. The number of nitrogens with zero attached hydrogens (tertiary/aromatic N) is 1. The average molecular weight is 406 g/mol. The van der Waals surface area contributed by atoms with Crippen molar-refractivity contribution in [3.63, 3.8) is 0 Å². The predicted octanol–water partition coefficient (Wildman–Crippen LogP) is 3.49. The Morgan fingerprint density at radius 3 is 2.58 bits per heavy atom. The number of carbonyl (C=O) groups excluding carboxylic acids is 1. The normalized spacial score (nSPS) is 15.1. The van der Waals surface area contributed by atoms with Crippen LogP contribution < -0.4 is 15.8 Å². The quantitative estimate of drug-likeness (QED) is 0.601. The van der Waals surface area contributed by atoms with Gasteiger partial charge in [-0.3, -0.25) is 9.79 Å². The second-order valence-electron chi connectivity index (χ2n) is 7.71. The van der Waals surface area contributed by atoms with Crippen LogP contribution in [0.2, 0.25) is 0 Å².